The molecule has 1 atom stereocenters. The number of nitrogens with one attached hydrogen (secondary N) is 1. The van der Waals surface area contributed by atoms with E-state index in [0.717, 1.165) is 0 Å². The van der Waals surface area contributed by atoms with Gasteiger partial charge in [-0.25, -0.2) is 0 Å². The van der Waals surface area contributed by atoms with Gasteiger partial charge in [0.25, 0.3) is 12.7 Å². The van der Waals surface area contributed by atoms with Gasteiger partial charge in [0.05, 0.1) is 6.61 Å². The third kappa shape index (κ3) is 4.37. The van der Waals surface area contributed by atoms with Crippen LogP contribution in [0.25, 0.3) is 0 Å². The van der Waals surface area contributed by atoms with Gasteiger partial charge >= 0.3 is 0 Å². The van der Waals surface area contributed by atoms with Crippen molar-refractivity contribution in [3.8, 4) is 0 Å². The molecule has 0 bridgehead atoms. The predicted octanol–water partition coefficient (Wildman–Crippen LogP) is 0.953. The highest BCUT2D eigenvalue weighted by Gasteiger charge is 1.92. The van der Waals surface area contributed by atoms with Crippen LogP contribution in [-0.4, -0.2) is 11.8 Å². The molecule has 1 N–H and O–H groups in total. The zero-order chi connectivity index (χ0) is 6.41. The van der Waals surface area contributed by atoms with Crippen LogP contribution in [0.1, 0.15) is 6.92 Å². The molecule has 0 saturated heterocycles. The number of thiocarbonyl (C=S) groups is 1. The first-order chi connectivity index (χ1) is 3.81. The molecule has 0 heterocycles. The van der Waals surface area contributed by atoms with Gasteiger partial charge in [-0.1, -0.05) is 0 Å². The standard InChI is InChI=1S/C3H6NOPS2/c1-2-5-3(7)4-6-8/h2H2,1H3,(H,4,7,8)/p+1. The van der Waals surface area contributed by atoms with Gasteiger partial charge < -0.3 is 4.74 Å². The van der Waals surface area contributed by atoms with E-state index in [2.05, 4.69) is 29.1 Å². The molecule has 5 heteroatoms. The first-order valence-corrected chi connectivity index (χ1v) is 4.65. The van der Waals surface area contributed by atoms with E-state index in [-0.39, 0.29) is 7.51 Å². The number of ether oxygens (including phenoxy) is 1. The van der Waals surface area contributed by atoms with Crippen molar-refractivity contribution < 1.29 is 4.74 Å². The van der Waals surface area contributed by atoms with Crippen molar-refractivity contribution in [2.75, 3.05) is 6.61 Å². The highest BCUT2D eigenvalue weighted by Crippen LogP contribution is 1.84. The first kappa shape index (κ1) is 8.21. The van der Waals surface area contributed by atoms with Crippen LogP contribution in [0.3, 0.4) is 0 Å². The lowest BCUT2D eigenvalue weighted by Gasteiger charge is -1.95. The Hall–Kier alpha value is 0.210. The van der Waals surface area contributed by atoms with Crippen molar-refractivity contribution >= 4 is 36.7 Å². The molecule has 0 amide bonds. The van der Waals surface area contributed by atoms with Crippen LogP contribution >= 0.6 is 19.7 Å². The summed E-state index contributed by atoms with van der Waals surface area (Å²) in [6.07, 6.45) is 0. The minimum atomic E-state index is 0.215. The van der Waals surface area contributed by atoms with Gasteiger partial charge in [0, 0.05) is 0 Å². The number of hydrogen-bond donors (Lipinski definition) is 1. The Morgan fingerprint density at radius 1 is 1.88 bits per heavy atom. The number of hydrogen-bond acceptors (Lipinski definition) is 3. The van der Waals surface area contributed by atoms with Crippen LogP contribution in [0.15, 0.2) is 0 Å². The summed E-state index contributed by atoms with van der Waals surface area (Å²) in [4.78, 5) is 0. The van der Waals surface area contributed by atoms with Gasteiger partial charge in [0.1, 0.15) is 0 Å². The fourth-order valence-corrected chi connectivity index (χ4v) is 1.11. The van der Waals surface area contributed by atoms with Crippen LogP contribution in [0.4, 0.5) is 0 Å². The largest absolute Gasteiger partial charge is 0.469 e. The Bertz CT molecular complexity index is 97.3. The molecule has 8 heavy (non-hydrogen) atoms. The quantitative estimate of drug-likeness (QED) is 0.489. The molecular weight excluding hydrogens is 161 g/mol. The van der Waals surface area contributed by atoms with Gasteiger partial charge in [0.2, 0.25) is 0 Å². The average molecular weight is 168 g/mol. The first-order valence-electron chi connectivity index (χ1n) is 2.11. The summed E-state index contributed by atoms with van der Waals surface area (Å²) in [5, 5.41) is 3.10. The minimum Gasteiger partial charge on any atom is -0.469 e. The Balaban J connectivity index is 3.18. The third-order valence-corrected chi connectivity index (χ3v) is 1.46. The maximum Gasteiger partial charge on any atom is 0.295 e. The highest BCUT2D eigenvalue weighted by atomic mass is 32.4. The van der Waals surface area contributed by atoms with E-state index in [4.69, 9.17) is 4.74 Å². The molecule has 0 aromatic rings. The lowest BCUT2D eigenvalue weighted by atomic mass is 10.9. The van der Waals surface area contributed by atoms with E-state index in [1.807, 2.05) is 6.92 Å². The molecule has 0 aliphatic heterocycles. The van der Waals surface area contributed by atoms with Gasteiger partial charge in [0.15, 0.2) is 11.8 Å². The molecule has 0 spiro atoms. The molecule has 0 rings (SSSR count). The van der Waals surface area contributed by atoms with Gasteiger partial charge in [-0.15, -0.1) is 0 Å². The lowest BCUT2D eigenvalue weighted by Crippen LogP contribution is -2.13. The van der Waals surface area contributed by atoms with Gasteiger partial charge in [-0.2, -0.15) is 5.09 Å². The summed E-state index contributed by atoms with van der Waals surface area (Å²) in [6, 6.07) is 0. The van der Waals surface area contributed by atoms with E-state index < -0.39 is 0 Å². The minimum absolute atomic E-state index is 0.215. The van der Waals surface area contributed by atoms with E-state index in [1.165, 1.54) is 0 Å². The molecule has 0 saturated carbocycles. The Kier molecular flexibility index (Phi) is 5.49. The Morgan fingerprint density at radius 2 is 2.50 bits per heavy atom. The van der Waals surface area contributed by atoms with Crippen molar-refractivity contribution in [2.24, 2.45) is 0 Å². The smallest absolute Gasteiger partial charge is 0.295 e. The molecule has 0 aromatic heterocycles. The molecule has 0 radical (unpaired) electrons. The Morgan fingerprint density at radius 3 is 2.88 bits per heavy atom. The van der Waals surface area contributed by atoms with E-state index in [1.54, 1.807) is 0 Å². The second-order valence-corrected chi connectivity index (χ2v) is 2.38. The van der Waals surface area contributed by atoms with Crippen LogP contribution in [0, 0.1) is 0 Å². The average Bonchev–Trinajstić information content (AvgIpc) is 1.68. The number of rotatable bonds is 2. The Labute approximate surface area is 60.5 Å². The predicted molar refractivity (Wildman–Crippen MR) is 43.0 cm³/mol. The third-order valence-electron chi connectivity index (χ3n) is 0.429. The van der Waals surface area contributed by atoms with Crippen molar-refractivity contribution in [1.29, 1.82) is 0 Å². The van der Waals surface area contributed by atoms with Gasteiger partial charge in [-0.05, 0) is 19.1 Å². The molecule has 1 unspecified atom stereocenters. The second kappa shape index (κ2) is 5.35. The molecular formula is C3H7NOPS2+. The zero-order valence-electron chi connectivity index (χ0n) is 4.43. The second-order valence-electron chi connectivity index (χ2n) is 0.948. The summed E-state index contributed by atoms with van der Waals surface area (Å²) in [6.45, 7) is 2.48. The fraction of sp³-hybridized carbons (Fsp3) is 0.667. The van der Waals surface area contributed by atoms with Crippen molar-refractivity contribution in [3.63, 3.8) is 0 Å². The summed E-state index contributed by atoms with van der Waals surface area (Å²) in [5.74, 6) is 0. The molecule has 0 fully saturated rings. The monoisotopic (exact) mass is 168 g/mol. The zero-order valence-corrected chi connectivity index (χ0v) is 7.06. The summed E-state index contributed by atoms with van der Waals surface area (Å²) in [5.41, 5.74) is 0. The van der Waals surface area contributed by atoms with Crippen LogP contribution in [0.2, 0.25) is 0 Å². The maximum atomic E-state index is 4.84. The van der Waals surface area contributed by atoms with Crippen LogP contribution in [-0.2, 0) is 16.5 Å². The lowest BCUT2D eigenvalue weighted by molar-refractivity contribution is 0.328. The van der Waals surface area contributed by atoms with Gasteiger partial charge in [-0.3, -0.25) is 0 Å². The normalized spacial score (nSPS) is 8.62. The topological polar surface area (TPSA) is 21.3 Å². The maximum absolute atomic E-state index is 4.84. The van der Waals surface area contributed by atoms with E-state index >= 15 is 0 Å². The summed E-state index contributed by atoms with van der Waals surface area (Å²) >= 11 is 9.25. The molecule has 2 nitrogen and oxygen atoms in total. The van der Waals surface area contributed by atoms with E-state index in [0.29, 0.717) is 11.8 Å². The van der Waals surface area contributed by atoms with Crippen LogP contribution < -0.4 is 5.09 Å². The molecule has 0 aliphatic carbocycles. The fourth-order valence-electron chi connectivity index (χ4n) is 0.209. The molecule has 0 aliphatic rings. The van der Waals surface area contributed by atoms with Crippen molar-refractivity contribution in [1.82, 2.24) is 5.09 Å². The van der Waals surface area contributed by atoms with Crippen LogP contribution in [0.5, 0.6) is 0 Å². The molecule has 0 aromatic carbocycles. The SMILES string of the molecule is CCOC(=S)N[PH+]=S. The van der Waals surface area contributed by atoms with Crippen molar-refractivity contribution in [2.45, 2.75) is 6.92 Å². The van der Waals surface area contributed by atoms with E-state index in [9.17, 15) is 0 Å². The summed E-state index contributed by atoms with van der Waals surface area (Å²) < 4.78 is 4.84. The molecule has 46 valence electrons. The van der Waals surface area contributed by atoms with Crippen molar-refractivity contribution in [3.05, 3.63) is 0 Å². The highest BCUT2D eigenvalue weighted by molar-refractivity contribution is 7.96. The summed E-state index contributed by atoms with van der Waals surface area (Å²) in [7, 11) is 0.215.